The van der Waals surface area contributed by atoms with Crippen molar-refractivity contribution < 1.29 is 14.0 Å². The molecule has 2 N–H and O–H groups in total. The van der Waals surface area contributed by atoms with E-state index in [2.05, 4.69) is 27.5 Å². The predicted molar refractivity (Wildman–Crippen MR) is 138 cm³/mol. The topological polar surface area (TPSA) is 77.8 Å². The monoisotopic (exact) mass is 472 g/mol. The van der Waals surface area contributed by atoms with Crippen LogP contribution in [0.3, 0.4) is 0 Å². The number of hydrogen-bond acceptors (Lipinski definition) is 6. The molecule has 2 aliphatic rings. The summed E-state index contributed by atoms with van der Waals surface area (Å²) in [4.78, 5) is 30.4. The van der Waals surface area contributed by atoms with Gasteiger partial charge >= 0.3 is 0 Å². The van der Waals surface area contributed by atoms with Crippen LogP contribution < -0.4 is 10.6 Å². The molecule has 2 aromatic carbocycles. The van der Waals surface area contributed by atoms with Gasteiger partial charge < -0.3 is 24.9 Å². The number of nitrogens with one attached hydrogen (secondary N) is 2. The smallest absolute Gasteiger partial charge is 0.255 e. The van der Waals surface area contributed by atoms with Gasteiger partial charge in [-0.2, -0.15) is 0 Å². The molecule has 1 amide bonds. The highest BCUT2D eigenvalue weighted by Gasteiger charge is 2.27. The van der Waals surface area contributed by atoms with E-state index in [9.17, 15) is 9.59 Å². The summed E-state index contributed by atoms with van der Waals surface area (Å²) in [5.74, 6) is 0.569. The number of fused-ring (bicyclic) bond motifs is 1. The summed E-state index contributed by atoms with van der Waals surface area (Å²) in [5, 5.41) is 6.40. The van der Waals surface area contributed by atoms with Crippen LogP contribution in [0.2, 0.25) is 0 Å². The summed E-state index contributed by atoms with van der Waals surface area (Å²) < 4.78 is 5.54. The van der Waals surface area contributed by atoms with Crippen LogP contribution in [0.15, 0.2) is 59.2 Å². The molecule has 7 nitrogen and oxygen atoms in total. The quantitative estimate of drug-likeness (QED) is 0.474. The van der Waals surface area contributed by atoms with Crippen molar-refractivity contribution in [1.29, 1.82) is 0 Å². The lowest BCUT2D eigenvalue weighted by molar-refractivity contribution is 0.0995. The Kier molecular flexibility index (Phi) is 6.97. The molecular weight excluding hydrogens is 440 g/mol. The molecule has 1 aliphatic carbocycles. The number of anilines is 2. The first kappa shape index (κ1) is 23.3. The van der Waals surface area contributed by atoms with Gasteiger partial charge in [0, 0.05) is 61.5 Å². The highest BCUT2D eigenvalue weighted by Crippen LogP contribution is 2.37. The molecule has 5 rings (SSSR count). The van der Waals surface area contributed by atoms with Gasteiger partial charge in [-0.05, 0) is 80.5 Å². The van der Waals surface area contributed by atoms with Crippen molar-refractivity contribution in [3.05, 3.63) is 71.5 Å². The maximum atomic E-state index is 12.9. The fraction of sp³-hybridized carbons (Fsp3) is 0.357. The summed E-state index contributed by atoms with van der Waals surface area (Å²) >= 11 is 0. The SMILES string of the molecule is CN1CCN(CCCNc2ccc(C(=O)Nc3ccc(-c4ccco4)c4c3C(=O)CC4)cc2)CC1. The normalized spacial score (nSPS) is 16.3. The minimum absolute atomic E-state index is 0.0554. The van der Waals surface area contributed by atoms with E-state index in [1.807, 2.05) is 42.5 Å². The molecule has 0 radical (unpaired) electrons. The molecule has 0 atom stereocenters. The Morgan fingerprint density at radius 2 is 1.80 bits per heavy atom. The van der Waals surface area contributed by atoms with Gasteiger partial charge in [0.25, 0.3) is 5.91 Å². The third-order valence-corrected chi connectivity index (χ3v) is 6.95. The summed E-state index contributed by atoms with van der Waals surface area (Å²) in [6.45, 7) is 6.56. The van der Waals surface area contributed by atoms with Crippen LogP contribution in [0, 0.1) is 0 Å². The highest BCUT2D eigenvalue weighted by atomic mass is 16.3. The van der Waals surface area contributed by atoms with E-state index in [0.717, 1.165) is 68.3 Å². The van der Waals surface area contributed by atoms with E-state index < -0.39 is 0 Å². The van der Waals surface area contributed by atoms with Crippen LogP contribution in [-0.4, -0.2) is 67.8 Å². The summed E-state index contributed by atoms with van der Waals surface area (Å²) in [6, 6.07) is 14.9. The van der Waals surface area contributed by atoms with E-state index in [0.29, 0.717) is 29.7 Å². The van der Waals surface area contributed by atoms with Crippen molar-refractivity contribution in [2.24, 2.45) is 0 Å². The summed E-state index contributed by atoms with van der Waals surface area (Å²) in [7, 11) is 2.17. The molecule has 0 unspecified atom stereocenters. The van der Waals surface area contributed by atoms with Crippen molar-refractivity contribution in [3.8, 4) is 11.3 Å². The maximum Gasteiger partial charge on any atom is 0.255 e. The number of hydrogen-bond donors (Lipinski definition) is 2. The number of furan rings is 1. The van der Waals surface area contributed by atoms with Gasteiger partial charge in [0.1, 0.15) is 5.76 Å². The van der Waals surface area contributed by atoms with Gasteiger partial charge in [-0.15, -0.1) is 0 Å². The molecule has 0 spiro atoms. The molecule has 1 fully saturated rings. The van der Waals surface area contributed by atoms with E-state index in [-0.39, 0.29) is 11.7 Å². The molecular formula is C28H32N4O3. The Morgan fingerprint density at radius 1 is 1.00 bits per heavy atom. The molecule has 3 aromatic rings. The average molecular weight is 473 g/mol. The minimum Gasteiger partial charge on any atom is -0.464 e. The van der Waals surface area contributed by atoms with E-state index >= 15 is 0 Å². The second kappa shape index (κ2) is 10.5. The van der Waals surface area contributed by atoms with Crippen molar-refractivity contribution in [1.82, 2.24) is 9.80 Å². The van der Waals surface area contributed by atoms with Crippen LogP contribution in [0.25, 0.3) is 11.3 Å². The zero-order valence-corrected chi connectivity index (χ0v) is 20.2. The fourth-order valence-corrected chi connectivity index (χ4v) is 4.90. The van der Waals surface area contributed by atoms with Crippen LogP contribution in [0.1, 0.15) is 39.1 Å². The Morgan fingerprint density at radius 3 is 2.54 bits per heavy atom. The van der Waals surface area contributed by atoms with Gasteiger partial charge in [0.15, 0.2) is 5.78 Å². The highest BCUT2D eigenvalue weighted by molar-refractivity contribution is 6.12. The maximum absolute atomic E-state index is 12.9. The number of carbonyl (C=O) groups excluding carboxylic acids is 2. The number of amides is 1. The Labute approximate surface area is 206 Å². The molecule has 1 aromatic heterocycles. The standard InChI is InChI=1S/C28H32N4O3/c1-31-15-17-32(18-16-31)14-3-13-29-21-7-5-20(6-8-21)28(34)30-24-11-9-22(26-4-2-19-35-26)23-10-12-25(33)27(23)24/h2,4-9,11,19,29H,3,10,12-18H2,1H3,(H,30,34). The predicted octanol–water partition coefficient (Wildman–Crippen LogP) is 4.38. The average Bonchev–Trinajstić information content (AvgIpc) is 3.54. The number of benzene rings is 2. The van der Waals surface area contributed by atoms with Gasteiger partial charge in [-0.1, -0.05) is 0 Å². The van der Waals surface area contributed by atoms with E-state index in [1.165, 1.54) is 0 Å². The second-order valence-corrected chi connectivity index (χ2v) is 9.37. The molecule has 7 heteroatoms. The third kappa shape index (κ3) is 5.31. The minimum atomic E-state index is -0.223. The van der Waals surface area contributed by atoms with Crippen LogP contribution in [0.4, 0.5) is 11.4 Å². The van der Waals surface area contributed by atoms with Crippen LogP contribution in [0.5, 0.6) is 0 Å². The first-order chi connectivity index (χ1) is 17.1. The molecule has 1 saturated heterocycles. The number of likely N-dealkylation sites (N-methyl/N-ethyl adjacent to an activating group) is 1. The fourth-order valence-electron chi connectivity index (χ4n) is 4.90. The Hall–Kier alpha value is -3.42. The number of carbonyl (C=O) groups is 2. The van der Waals surface area contributed by atoms with Gasteiger partial charge in [0.05, 0.1) is 12.0 Å². The molecule has 1 aliphatic heterocycles. The molecule has 2 heterocycles. The zero-order chi connectivity index (χ0) is 24.2. The number of ketones is 1. The van der Waals surface area contributed by atoms with Crippen LogP contribution >= 0.6 is 0 Å². The molecule has 0 bridgehead atoms. The third-order valence-electron chi connectivity index (χ3n) is 6.95. The van der Waals surface area contributed by atoms with Crippen molar-refractivity contribution in [2.45, 2.75) is 19.3 Å². The summed E-state index contributed by atoms with van der Waals surface area (Å²) in [6.07, 6.45) is 3.81. The van der Waals surface area contributed by atoms with Gasteiger partial charge in [-0.3, -0.25) is 9.59 Å². The van der Waals surface area contributed by atoms with Gasteiger partial charge in [0.2, 0.25) is 0 Å². The van der Waals surface area contributed by atoms with Crippen molar-refractivity contribution in [2.75, 3.05) is 56.9 Å². The lowest BCUT2D eigenvalue weighted by atomic mass is 9.99. The summed E-state index contributed by atoms with van der Waals surface area (Å²) in [5.41, 5.74) is 4.58. The Balaban J connectivity index is 1.18. The number of nitrogens with zero attached hydrogens (tertiary/aromatic N) is 2. The lowest BCUT2D eigenvalue weighted by Crippen LogP contribution is -2.44. The Bertz CT molecular complexity index is 1180. The van der Waals surface area contributed by atoms with Crippen molar-refractivity contribution in [3.63, 3.8) is 0 Å². The number of rotatable bonds is 8. The largest absolute Gasteiger partial charge is 0.464 e. The molecule has 35 heavy (non-hydrogen) atoms. The number of piperazine rings is 1. The van der Waals surface area contributed by atoms with E-state index in [1.54, 1.807) is 12.3 Å². The van der Waals surface area contributed by atoms with Crippen molar-refractivity contribution >= 4 is 23.1 Å². The first-order valence-corrected chi connectivity index (χ1v) is 12.4. The number of Topliss-reactive ketones (excluding diaryl/α,β-unsaturated/α-hetero) is 1. The molecule has 182 valence electrons. The molecule has 0 saturated carbocycles. The first-order valence-electron chi connectivity index (χ1n) is 12.4. The van der Waals surface area contributed by atoms with Gasteiger partial charge in [-0.25, -0.2) is 0 Å². The van der Waals surface area contributed by atoms with Crippen LogP contribution in [-0.2, 0) is 6.42 Å². The second-order valence-electron chi connectivity index (χ2n) is 9.37. The van der Waals surface area contributed by atoms with E-state index in [4.69, 9.17) is 4.42 Å². The zero-order valence-electron chi connectivity index (χ0n) is 20.2. The lowest BCUT2D eigenvalue weighted by Gasteiger charge is -2.32.